The third kappa shape index (κ3) is 4.01. The molecule has 168 valence electrons. The summed E-state index contributed by atoms with van der Waals surface area (Å²) in [5.74, 6) is 0.840. The number of rotatable bonds is 7. The van der Waals surface area contributed by atoms with Crippen LogP contribution >= 0.6 is 0 Å². The highest BCUT2D eigenvalue weighted by Gasteiger charge is 2.33. The Morgan fingerprint density at radius 1 is 1.12 bits per heavy atom. The normalized spacial score (nSPS) is 24.9. The third-order valence-electron chi connectivity index (χ3n) is 7.19. The maximum absolute atomic E-state index is 12.6. The van der Waals surface area contributed by atoms with Crippen LogP contribution in [-0.4, -0.2) is 50.1 Å². The van der Waals surface area contributed by atoms with Gasteiger partial charge >= 0.3 is 0 Å². The molecule has 0 spiro atoms. The monoisotopic (exact) mass is 432 g/mol. The number of aromatic nitrogens is 3. The van der Waals surface area contributed by atoms with Gasteiger partial charge in [-0.05, 0) is 95.0 Å². The molecule has 1 saturated carbocycles. The molecule has 2 atom stereocenters. The van der Waals surface area contributed by atoms with Crippen molar-refractivity contribution >= 4 is 17.7 Å². The number of H-pyrrole nitrogens is 1. The van der Waals surface area contributed by atoms with E-state index in [1.165, 1.54) is 42.5 Å². The van der Waals surface area contributed by atoms with Crippen LogP contribution in [0.15, 0.2) is 29.1 Å². The Balaban J connectivity index is 1.40. The van der Waals surface area contributed by atoms with Crippen LogP contribution in [0.3, 0.4) is 0 Å². The minimum atomic E-state index is -0.208. The van der Waals surface area contributed by atoms with E-state index >= 15 is 0 Å². The number of likely N-dealkylation sites (tertiary alicyclic amines) is 1. The summed E-state index contributed by atoms with van der Waals surface area (Å²) in [5, 5.41) is 4.20. The lowest BCUT2D eigenvalue weighted by atomic mass is 9.98. The second-order valence-corrected chi connectivity index (χ2v) is 9.48. The lowest BCUT2D eigenvalue weighted by Gasteiger charge is -2.25. The molecule has 2 aromatic heterocycles. The molecule has 4 heterocycles. The molecule has 0 bridgehead atoms. The number of carbonyl (C=O) groups is 1. The van der Waals surface area contributed by atoms with Crippen molar-refractivity contribution in [2.45, 2.75) is 77.3 Å². The molecule has 2 aliphatic heterocycles. The van der Waals surface area contributed by atoms with E-state index in [2.05, 4.69) is 51.2 Å². The van der Waals surface area contributed by atoms with Crippen LogP contribution in [0.2, 0.25) is 0 Å². The Bertz CT molecular complexity index is 1060. The van der Waals surface area contributed by atoms with Crippen molar-refractivity contribution in [1.29, 1.82) is 0 Å². The summed E-state index contributed by atoms with van der Waals surface area (Å²) in [4.78, 5) is 27.4. The van der Waals surface area contributed by atoms with E-state index in [4.69, 9.17) is 0 Å². The smallest absolute Gasteiger partial charge is 0.273 e. The van der Waals surface area contributed by atoms with E-state index in [1.807, 2.05) is 6.08 Å². The predicted molar refractivity (Wildman–Crippen MR) is 125 cm³/mol. The Kier molecular flexibility index (Phi) is 5.67. The summed E-state index contributed by atoms with van der Waals surface area (Å²) in [6.07, 6.45) is 12.6. The molecule has 2 aromatic rings. The number of aryl methyl sites for hydroxylation is 1. The number of amides is 1. The average molecular weight is 433 g/mol. The number of hydrogen-bond acceptors (Lipinski definition) is 5. The Labute approximate surface area is 189 Å². The van der Waals surface area contributed by atoms with Crippen LogP contribution in [-0.2, 0) is 11.2 Å². The number of carbonyl (C=O) groups excluding carboxylic acids is 1. The van der Waals surface area contributed by atoms with Crippen LogP contribution in [0.4, 0.5) is 0 Å². The predicted octanol–water partition coefficient (Wildman–Crippen LogP) is 3.71. The molecule has 32 heavy (non-hydrogen) atoms. The van der Waals surface area contributed by atoms with Crippen LogP contribution in [0.25, 0.3) is 6.08 Å². The highest BCUT2D eigenvalue weighted by atomic mass is 16.2. The first-order chi connectivity index (χ1) is 15.5. The maximum Gasteiger partial charge on any atom is 0.273 e. The molecule has 0 aromatic carbocycles. The molecule has 5 rings (SSSR count). The highest BCUT2D eigenvalue weighted by Crippen LogP contribution is 2.45. The van der Waals surface area contributed by atoms with Gasteiger partial charge in [0.15, 0.2) is 5.82 Å². The second kappa shape index (κ2) is 8.62. The van der Waals surface area contributed by atoms with E-state index in [0.29, 0.717) is 35.1 Å². The largest absolute Gasteiger partial charge is 0.359 e. The zero-order valence-electron chi connectivity index (χ0n) is 19.2. The van der Waals surface area contributed by atoms with Crippen LogP contribution in [0.1, 0.15) is 80.2 Å². The van der Waals surface area contributed by atoms with Crippen molar-refractivity contribution in [3.05, 3.63) is 52.4 Å². The zero-order valence-corrected chi connectivity index (χ0v) is 19.2. The fourth-order valence-electron chi connectivity index (χ4n) is 5.32. The van der Waals surface area contributed by atoms with Crippen molar-refractivity contribution in [1.82, 2.24) is 25.3 Å². The standard InChI is InChI=1S/C25H32N6O/c1-15-7-8-16(2)31(15)13-4-6-19-17(3)28-21(22(19)18-9-10-18)14-20-23(29-30-25(20)32)24-26-11-5-12-27-24/h5,11-12,14-16,18,28H,4,6-10,13H2,1-3H3,(H,30,32). The molecular formula is C25H32N6O. The number of nitrogens with one attached hydrogen (secondary N) is 2. The topological polar surface area (TPSA) is 86.3 Å². The van der Waals surface area contributed by atoms with Gasteiger partial charge in [-0.2, -0.15) is 5.10 Å². The van der Waals surface area contributed by atoms with Gasteiger partial charge in [-0.1, -0.05) is 0 Å². The Morgan fingerprint density at radius 2 is 1.84 bits per heavy atom. The van der Waals surface area contributed by atoms with Gasteiger partial charge < -0.3 is 4.98 Å². The number of aromatic amines is 1. The first kappa shape index (κ1) is 21.1. The van der Waals surface area contributed by atoms with Crippen molar-refractivity contribution in [2.75, 3.05) is 6.54 Å². The van der Waals surface area contributed by atoms with Crippen molar-refractivity contribution in [3.63, 3.8) is 0 Å². The van der Waals surface area contributed by atoms with E-state index < -0.39 is 0 Å². The molecule has 1 amide bonds. The van der Waals surface area contributed by atoms with Gasteiger partial charge in [0.25, 0.3) is 5.91 Å². The van der Waals surface area contributed by atoms with Crippen molar-refractivity contribution in [2.24, 2.45) is 5.10 Å². The molecule has 7 nitrogen and oxygen atoms in total. The summed E-state index contributed by atoms with van der Waals surface area (Å²) in [6.45, 7) is 8.02. The number of hydrazone groups is 1. The van der Waals surface area contributed by atoms with Gasteiger partial charge in [0.2, 0.25) is 0 Å². The summed E-state index contributed by atoms with van der Waals surface area (Å²) in [6, 6.07) is 3.14. The molecule has 0 radical (unpaired) electrons. The third-order valence-corrected chi connectivity index (χ3v) is 7.19. The van der Waals surface area contributed by atoms with Crippen LogP contribution in [0.5, 0.6) is 0 Å². The molecule has 1 saturated heterocycles. The van der Waals surface area contributed by atoms with E-state index in [1.54, 1.807) is 18.5 Å². The Morgan fingerprint density at radius 3 is 2.53 bits per heavy atom. The SMILES string of the molecule is Cc1[nH]c(C=C2C(=O)NN=C2c2ncccn2)c(C2CC2)c1CCCN1C(C)CCC1C. The maximum atomic E-state index is 12.6. The lowest BCUT2D eigenvalue weighted by molar-refractivity contribution is -0.116. The molecule has 2 fully saturated rings. The fourth-order valence-corrected chi connectivity index (χ4v) is 5.32. The van der Waals surface area contributed by atoms with Gasteiger partial charge in [-0.25, -0.2) is 15.4 Å². The second-order valence-electron chi connectivity index (χ2n) is 9.48. The highest BCUT2D eigenvalue weighted by molar-refractivity contribution is 6.32. The number of hydrogen-bond donors (Lipinski definition) is 2. The van der Waals surface area contributed by atoms with Crippen LogP contribution < -0.4 is 5.43 Å². The minimum Gasteiger partial charge on any atom is -0.359 e. The van der Waals surface area contributed by atoms with Crippen molar-refractivity contribution < 1.29 is 4.79 Å². The van der Waals surface area contributed by atoms with E-state index in [-0.39, 0.29) is 5.91 Å². The first-order valence-corrected chi connectivity index (χ1v) is 11.9. The van der Waals surface area contributed by atoms with Gasteiger partial charge in [0.05, 0.1) is 5.57 Å². The molecule has 1 aliphatic carbocycles. The van der Waals surface area contributed by atoms with Gasteiger partial charge in [-0.15, -0.1) is 0 Å². The molecular weight excluding hydrogens is 400 g/mol. The van der Waals surface area contributed by atoms with Gasteiger partial charge in [0, 0.05) is 35.9 Å². The summed E-state index contributed by atoms with van der Waals surface area (Å²) in [5.41, 5.74) is 8.69. The Hall–Kier alpha value is -2.80. The van der Waals surface area contributed by atoms with Crippen LogP contribution in [0, 0.1) is 6.92 Å². The molecule has 7 heteroatoms. The zero-order chi connectivity index (χ0) is 22.2. The molecule has 2 N–H and O–H groups in total. The van der Waals surface area contributed by atoms with E-state index in [0.717, 1.165) is 25.1 Å². The quantitative estimate of drug-likeness (QED) is 0.653. The fraction of sp³-hybridized carbons (Fsp3) is 0.520. The van der Waals surface area contributed by atoms with Gasteiger partial charge in [-0.3, -0.25) is 9.69 Å². The first-order valence-electron chi connectivity index (χ1n) is 11.9. The van der Waals surface area contributed by atoms with Crippen molar-refractivity contribution in [3.8, 4) is 0 Å². The number of nitrogens with zero attached hydrogens (tertiary/aromatic N) is 4. The molecule has 2 unspecified atom stereocenters. The summed E-state index contributed by atoms with van der Waals surface area (Å²) < 4.78 is 0. The molecule has 3 aliphatic rings. The van der Waals surface area contributed by atoms with E-state index in [9.17, 15) is 4.79 Å². The summed E-state index contributed by atoms with van der Waals surface area (Å²) >= 11 is 0. The van der Waals surface area contributed by atoms with Gasteiger partial charge in [0.1, 0.15) is 5.71 Å². The summed E-state index contributed by atoms with van der Waals surface area (Å²) in [7, 11) is 0. The minimum absolute atomic E-state index is 0.208. The lowest BCUT2D eigenvalue weighted by Crippen LogP contribution is -2.33. The average Bonchev–Trinajstić information content (AvgIpc) is 3.40.